The van der Waals surface area contributed by atoms with Crippen molar-refractivity contribution in [2.24, 2.45) is 5.73 Å². The molecule has 8 heteroatoms. The van der Waals surface area contributed by atoms with Gasteiger partial charge in [0.15, 0.2) is 0 Å². The van der Waals surface area contributed by atoms with Crippen molar-refractivity contribution in [2.45, 2.75) is 44.9 Å². The van der Waals surface area contributed by atoms with E-state index in [9.17, 15) is 4.79 Å². The number of carbonyl (C=O) groups is 1. The number of rotatable bonds is 5. The molecule has 1 aromatic carbocycles. The zero-order chi connectivity index (χ0) is 17.9. The van der Waals surface area contributed by atoms with Gasteiger partial charge in [-0.05, 0) is 19.4 Å². The maximum atomic E-state index is 12.8. The molecule has 1 aliphatic rings. The fourth-order valence-corrected chi connectivity index (χ4v) is 3.12. The van der Waals surface area contributed by atoms with Gasteiger partial charge in [0.05, 0.1) is 31.1 Å². The normalized spacial score (nSPS) is 22.1. The largest absolute Gasteiger partial charge is 0.444 e. The summed E-state index contributed by atoms with van der Waals surface area (Å²) in [6.07, 6.45) is 2.43. The highest BCUT2D eigenvalue weighted by Crippen LogP contribution is 2.33. The summed E-state index contributed by atoms with van der Waals surface area (Å²) in [6, 6.07) is 9.24. The lowest BCUT2D eigenvalue weighted by molar-refractivity contribution is -0.0687. The first-order chi connectivity index (χ1) is 12.0. The van der Waals surface area contributed by atoms with E-state index in [0.717, 1.165) is 5.56 Å². The highest BCUT2D eigenvalue weighted by atomic mass is 16.6. The molecule has 1 fully saturated rings. The van der Waals surface area contributed by atoms with E-state index in [1.165, 1.54) is 4.80 Å². The minimum Gasteiger partial charge on any atom is -0.444 e. The predicted octanol–water partition coefficient (Wildman–Crippen LogP) is 1.38. The zero-order valence-electron chi connectivity index (χ0n) is 14.4. The molecule has 0 unspecified atom stereocenters. The molecule has 8 nitrogen and oxygen atoms in total. The predicted molar refractivity (Wildman–Crippen MR) is 90.3 cm³/mol. The number of carbonyl (C=O) groups excluding carboxylic acids is 1. The van der Waals surface area contributed by atoms with Crippen molar-refractivity contribution in [1.29, 1.82) is 0 Å². The smallest absolute Gasteiger partial charge is 0.412 e. The van der Waals surface area contributed by atoms with Gasteiger partial charge in [-0.2, -0.15) is 15.0 Å². The van der Waals surface area contributed by atoms with Crippen LogP contribution in [0.25, 0.3) is 0 Å². The van der Waals surface area contributed by atoms with Crippen LogP contribution >= 0.6 is 0 Å². The van der Waals surface area contributed by atoms with E-state index in [0.29, 0.717) is 6.54 Å². The van der Waals surface area contributed by atoms with Crippen molar-refractivity contribution in [3.8, 4) is 0 Å². The van der Waals surface area contributed by atoms with Crippen molar-refractivity contribution in [1.82, 2.24) is 19.9 Å². The first kappa shape index (κ1) is 17.4. The third kappa shape index (κ3) is 3.80. The Morgan fingerprint density at radius 2 is 1.96 bits per heavy atom. The number of ether oxygens (including phenoxy) is 2. The topological polar surface area (TPSA) is 95.5 Å². The third-order valence-electron chi connectivity index (χ3n) is 4.23. The third-order valence-corrected chi connectivity index (χ3v) is 4.23. The molecule has 134 valence electrons. The number of amides is 1. The maximum Gasteiger partial charge on any atom is 0.412 e. The molecule has 2 N–H and O–H groups in total. The lowest BCUT2D eigenvalue weighted by atomic mass is 10.1. The van der Waals surface area contributed by atoms with Crippen molar-refractivity contribution in [3.63, 3.8) is 0 Å². The van der Waals surface area contributed by atoms with Gasteiger partial charge in [-0.15, -0.1) is 0 Å². The Kier molecular flexibility index (Phi) is 5.00. The number of nitrogens with zero attached hydrogens (tertiary/aromatic N) is 4. The van der Waals surface area contributed by atoms with Crippen LogP contribution < -0.4 is 5.73 Å². The van der Waals surface area contributed by atoms with E-state index >= 15 is 0 Å². The second-order valence-corrected chi connectivity index (χ2v) is 6.40. The Labute approximate surface area is 146 Å². The Balaban J connectivity index is 1.75. The van der Waals surface area contributed by atoms with Crippen molar-refractivity contribution in [3.05, 3.63) is 48.3 Å². The van der Waals surface area contributed by atoms with Crippen LogP contribution in [0, 0.1) is 0 Å². The Bertz CT molecular complexity index is 690. The molecule has 0 spiro atoms. The molecule has 1 amide bonds. The van der Waals surface area contributed by atoms with Crippen molar-refractivity contribution in [2.75, 3.05) is 6.54 Å². The molecule has 1 aromatic heterocycles. The first-order valence-corrected chi connectivity index (χ1v) is 8.23. The van der Waals surface area contributed by atoms with E-state index in [-0.39, 0.29) is 25.3 Å². The van der Waals surface area contributed by atoms with Crippen LogP contribution in [0.5, 0.6) is 0 Å². The molecule has 2 aromatic rings. The van der Waals surface area contributed by atoms with Crippen molar-refractivity contribution >= 4 is 6.09 Å². The van der Waals surface area contributed by atoms with Crippen LogP contribution in [0.1, 0.15) is 19.4 Å². The van der Waals surface area contributed by atoms with E-state index in [1.807, 2.05) is 44.2 Å². The van der Waals surface area contributed by atoms with E-state index < -0.39 is 11.8 Å². The van der Waals surface area contributed by atoms with Gasteiger partial charge < -0.3 is 15.2 Å². The minimum atomic E-state index is -0.824. The molecular formula is C17H23N5O3. The van der Waals surface area contributed by atoms with Crippen LogP contribution in [0.3, 0.4) is 0 Å². The summed E-state index contributed by atoms with van der Waals surface area (Å²) in [7, 11) is 0. The Morgan fingerprint density at radius 3 is 2.60 bits per heavy atom. The summed E-state index contributed by atoms with van der Waals surface area (Å²) in [5, 5.41) is 8.23. The van der Waals surface area contributed by atoms with Crippen LogP contribution in [-0.2, 0) is 22.6 Å². The van der Waals surface area contributed by atoms with E-state index in [2.05, 4.69) is 10.2 Å². The SMILES string of the molecule is CC1(C)O[C@H](CN)[C@@H](Cn2nccn2)N1C(=O)OCc1ccccc1. The van der Waals surface area contributed by atoms with E-state index in [1.54, 1.807) is 17.3 Å². The zero-order valence-corrected chi connectivity index (χ0v) is 14.4. The second kappa shape index (κ2) is 7.20. The van der Waals surface area contributed by atoms with Gasteiger partial charge in [-0.25, -0.2) is 4.79 Å². The summed E-state index contributed by atoms with van der Waals surface area (Å²) < 4.78 is 11.5. The second-order valence-electron chi connectivity index (χ2n) is 6.40. The molecule has 3 rings (SSSR count). The first-order valence-electron chi connectivity index (χ1n) is 8.23. The molecule has 2 heterocycles. The average molecular weight is 345 g/mol. The lowest BCUT2D eigenvalue weighted by Gasteiger charge is -2.32. The average Bonchev–Trinajstić information content (AvgIpc) is 3.19. The Morgan fingerprint density at radius 1 is 1.28 bits per heavy atom. The summed E-state index contributed by atoms with van der Waals surface area (Å²) in [5.74, 6) is 0. The summed E-state index contributed by atoms with van der Waals surface area (Å²) in [4.78, 5) is 15.9. The number of hydrogen-bond acceptors (Lipinski definition) is 6. The molecule has 2 atom stereocenters. The van der Waals surface area contributed by atoms with Gasteiger partial charge in [0, 0.05) is 6.54 Å². The molecule has 0 saturated carbocycles. The molecule has 1 aliphatic heterocycles. The van der Waals surface area contributed by atoms with Gasteiger partial charge in [0.1, 0.15) is 12.3 Å². The Hall–Kier alpha value is -2.45. The monoisotopic (exact) mass is 345 g/mol. The standard InChI is InChI=1S/C17H23N5O3/c1-17(2)22(16(23)24-12-13-6-4-3-5-7-13)14(15(10-18)25-17)11-21-19-8-9-20-21/h3-9,14-15H,10-12,18H2,1-2H3/t14-,15-/m1/s1. The van der Waals surface area contributed by atoms with Crippen molar-refractivity contribution < 1.29 is 14.3 Å². The van der Waals surface area contributed by atoms with E-state index in [4.69, 9.17) is 15.2 Å². The minimum absolute atomic E-state index is 0.201. The number of aromatic nitrogens is 3. The van der Waals surface area contributed by atoms with Crippen LogP contribution in [-0.4, -0.2) is 50.4 Å². The highest BCUT2D eigenvalue weighted by Gasteiger charge is 2.50. The van der Waals surface area contributed by atoms with Gasteiger partial charge in [-0.1, -0.05) is 30.3 Å². The molecule has 25 heavy (non-hydrogen) atoms. The quantitative estimate of drug-likeness (QED) is 0.879. The van der Waals surface area contributed by atoms with Crippen LogP contribution in [0.4, 0.5) is 4.79 Å². The number of nitrogens with two attached hydrogens (primary N) is 1. The van der Waals surface area contributed by atoms with Crippen LogP contribution in [0.15, 0.2) is 42.7 Å². The fourth-order valence-electron chi connectivity index (χ4n) is 3.12. The van der Waals surface area contributed by atoms with Crippen LogP contribution in [0.2, 0.25) is 0 Å². The van der Waals surface area contributed by atoms with Gasteiger partial charge >= 0.3 is 6.09 Å². The maximum absolute atomic E-state index is 12.8. The molecule has 0 bridgehead atoms. The molecule has 0 aliphatic carbocycles. The highest BCUT2D eigenvalue weighted by molar-refractivity contribution is 5.69. The summed E-state index contributed by atoms with van der Waals surface area (Å²) in [5.41, 5.74) is 5.95. The molecule has 1 saturated heterocycles. The number of benzene rings is 1. The summed E-state index contributed by atoms with van der Waals surface area (Å²) >= 11 is 0. The number of hydrogen-bond donors (Lipinski definition) is 1. The van der Waals surface area contributed by atoms with Gasteiger partial charge in [-0.3, -0.25) is 4.90 Å². The summed E-state index contributed by atoms with van der Waals surface area (Å²) in [6.45, 7) is 4.54. The lowest BCUT2D eigenvalue weighted by Crippen LogP contribution is -2.50. The molecular weight excluding hydrogens is 322 g/mol. The molecule has 0 radical (unpaired) electrons. The fraction of sp³-hybridized carbons (Fsp3) is 0.471. The van der Waals surface area contributed by atoms with Gasteiger partial charge in [0.25, 0.3) is 0 Å². The van der Waals surface area contributed by atoms with Gasteiger partial charge in [0.2, 0.25) is 0 Å².